The van der Waals surface area contributed by atoms with E-state index in [2.05, 4.69) is 62.5 Å². The Labute approximate surface area is 360 Å². The van der Waals surface area contributed by atoms with E-state index in [1.165, 1.54) is 9.80 Å². The third kappa shape index (κ3) is 17.4. The monoisotopic (exact) mass is 902 g/mol. The zero-order valence-electron chi connectivity index (χ0n) is 33.1. The van der Waals surface area contributed by atoms with Crippen LogP contribution in [0.25, 0.3) is 0 Å². The number of carboxylic acid groups (broad SMARTS) is 1. The fourth-order valence-electron chi connectivity index (χ4n) is 6.15. The number of carboxylic acids is 1. The fourth-order valence-corrected chi connectivity index (χ4v) is 6.67. The molecule has 0 spiro atoms. The Kier molecular flexibility index (Phi) is 21.8. The van der Waals surface area contributed by atoms with Crippen LogP contribution in [0.5, 0.6) is 0 Å². The quantitative estimate of drug-likeness (QED) is 0.0379. The number of nitrogens with one attached hydrogen (secondary N) is 7. The van der Waals surface area contributed by atoms with Crippen molar-refractivity contribution in [3.63, 3.8) is 0 Å². The van der Waals surface area contributed by atoms with Crippen molar-refractivity contribution < 1.29 is 62.6 Å². The molecule has 0 unspecified atom stereocenters. The van der Waals surface area contributed by atoms with Gasteiger partial charge in [0.05, 0.1) is 32.2 Å². The van der Waals surface area contributed by atoms with Crippen molar-refractivity contribution in [2.45, 2.75) is 87.6 Å². The molecule has 0 aromatic carbocycles. The Bertz CT molecular complexity index is 1690. The summed E-state index contributed by atoms with van der Waals surface area (Å²) in [6.07, 6.45) is 0.638. The summed E-state index contributed by atoms with van der Waals surface area (Å²) < 4.78 is 0. The minimum Gasteiger partial charge on any atom is -0.480 e. The van der Waals surface area contributed by atoms with Gasteiger partial charge in [0.2, 0.25) is 65.0 Å². The van der Waals surface area contributed by atoms with Gasteiger partial charge in [-0.05, 0) is 38.5 Å². The molecule has 0 aromatic heterocycles. The molecule has 2 heterocycles. The molecular formula is C34H54N12O13S2. The number of aliphatic carboxylic acids is 1. The molecule has 2 rings (SSSR count). The molecule has 0 aliphatic carbocycles. The van der Waals surface area contributed by atoms with Crippen LogP contribution in [0.1, 0.15) is 51.4 Å². The van der Waals surface area contributed by atoms with Gasteiger partial charge in [0.25, 0.3) is 0 Å². The van der Waals surface area contributed by atoms with E-state index in [1.54, 1.807) is 0 Å². The van der Waals surface area contributed by atoms with Gasteiger partial charge in [-0.25, -0.2) is 4.79 Å². The highest BCUT2D eigenvalue weighted by atomic mass is 32.1. The first kappa shape index (κ1) is 51.4. The van der Waals surface area contributed by atoms with E-state index in [0.717, 1.165) is 0 Å². The van der Waals surface area contributed by atoms with Crippen LogP contribution < -0.4 is 54.4 Å². The highest BCUT2D eigenvalue weighted by molar-refractivity contribution is 7.80. The second-order valence-electron chi connectivity index (χ2n) is 14.0. The van der Waals surface area contributed by atoms with E-state index in [0.29, 0.717) is 12.8 Å². The molecule has 0 radical (unpaired) electrons. The van der Waals surface area contributed by atoms with Crippen LogP contribution in [0, 0.1) is 0 Å². The Balaban J connectivity index is 1.81. The molecule has 2 fully saturated rings. The number of nitrogens with two attached hydrogens (primary N) is 3. The molecule has 0 bridgehead atoms. The third-order valence-corrected chi connectivity index (χ3v) is 10.2. The van der Waals surface area contributed by atoms with E-state index in [1.807, 2.05) is 0 Å². The normalized spacial score (nSPS) is 17.7. The number of thiol groups is 2. The average molecular weight is 903 g/mol. The number of carbonyl (C=O) groups excluding carboxylic acids is 11. The van der Waals surface area contributed by atoms with Crippen LogP contribution >= 0.6 is 25.3 Å². The van der Waals surface area contributed by atoms with Crippen LogP contribution in [0.2, 0.25) is 0 Å². The van der Waals surface area contributed by atoms with E-state index < -0.39 is 133 Å². The van der Waals surface area contributed by atoms with Crippen LogP contribution in [-0.4, -0.2) is 173 Å². The lowest BCUT2D eigenvalue weighted by molar-refractivity contribution is -0.142. The predicted octanol–water partition coefficient (Wildman–Crippen LogP) is -7.31. The van der Waals surface area contributed by atoms with Gasteiger partial charge in [-0.15, -0.1) is 0 Å². The second kappa shape index (κ2) is 25.8. The largest absolute Gasteiger partial charge is 0.480 e. The van der Waals surface area contributed by atoms with Crippen molar-refractivity contribution >= 4 is 96.2 Å². The van der Waals surface area contributed by atoms with Gasteiger partial charge in [-0.3, -0.25) is 52.7 Å². The zero-order chi connectivity index (χ0) is 45.8. The van der Waals surface area contributed by atoms with E-state index in [-0.39, 0.29) is 63.1 Å². The highest BCUT2D eigenvalue weighted by Crippen LogP contribution is 2.18. The van der Waals surface area contributed by atoms with Crippen molar-refractivity contribution in [2.24, 2.45) is 17.2 Å². The summed E-state index contributed by atoms with van der Waals surface area (Å²) in [6.45, 7) is -1.97. The predicted molar refractivity (Wildman–Crippen MR) is 217 cm³/mol. The van der Waals surface area contributed by atoms with E-state index in [4.69, 9.17) is 17.2 Å². The van der Waals surface area contributed by atoms with Gasteiger partial charge in [0.1, 0.15) is 30.2 Å². The Morgan fingerprint density at radius 1 is 0.574 bits per heavy atom. The summed E-state index contributed by atoms with van der Waals surface area (Å²) >= 11 is 8.14. The van der Waals surface area contributed by atoms with Gasteiger partial charge in [0, 0.05) is 37.4 Å². The number of amides is 11. The van der Waals surface area contributed by atoms with Crippen molar-refractivity contribution in [2.75, 3.05) is 50.8 Å². The fraction of sp³-hybridized carbons (Fsp3) is 0.647. The van der Waals surface area contributed by atoms with Gasteiger partial charge in [0.15, 0.2) is 0 Å². The number of carbonyl (C=O) groups is 12. The molecule has 0 saturated carbocycles. The molecule has 2 saturated heterocycles. The molecule has 11 amide bonds. The Morgan fingerprint density at radius 2 is 0.984 bits per heavy atom. The number of hydrogen-bond acceptors (Lipinski definition) is 15. The number of hydrogen-bond donors (Lipinski definition) is 13. The molecule has 0 aromatic rings. The van der Waals surface area contributed by atoms with Gasteiger partial charge in [-0.2, -0.15) is 25.3 Å². The number of likely N-dealkylation sites (tertiary alicyclic amines) is 2. The molecule has 340 valence electrons. The molecular weight excluding hydrogens is 849 g/mol. The molecule has 25 nitrogen and oxygen atoms in total. The first-order valence-corrected chi connectivity index (χ1v) is 20.4. The number of nitrogens with zero attached hydrogens (tertiary/aromatic N) is 2. The minimum atomic E-state index is -1.41. The number of primary amides is 2. The van der Waals surface area contributed by atoms with Gasteiger partial charge in [-0.1, -0.05) is 0 Å². The molecule has 2 aliphatic rings. The molecule has 6 atom stereocenters. The van der Waals surface area contributed by atoms with Crippen LogP contribution in [0.3, 0.4) is 0 Å². The lowest BCUT2D eigenvalue weighted by Gasteiger charge is -2.25. The van der Waals surface area contributed by atoms with Gasteiger partial charge < -0.3 is 69.3 Å². The summed E-state index contributed by atoms with van der Waals surface area (Å²) in [6, 6.07) is -6.92. The summed E-state index contributed by atoms with van der Waals surface area (Å²) in [5.41, 5.74) is 15.8. The van der Waals surface area contributed by atoms with Crippen LogP contribution in [-0.2, 0) is 57.5 Å². The average Bonchev–Trinajstić information content (AvgIpc) is 3.92. The zero-order valence-corrected chi connectivity index (χ0v) is 34.9. The first-order valence-electron chi connectivity index (χ1n) is 19.1. The lowest BCUT2D eigenvalue weighted by Crippen LogP contribution is -2.55. The van der Waals surface area contributed by atoms with E-state index in [9.17, 15) is 62.6 Å². The summed E-state index contributed by atoms with van der Waals surface area (Å²) in [5.74, 6) is -9.73. The highest BCUT2D eigenvalue weighted by Gasteiger charge is 2.36. The topological polar surface area (TPSA) is 394 Å². The van der Waals surface area contributed by atoms with Gasteiger partial charge >= 0.3 is 5.97 Å². The Hall–Kier alpha value is -5.70. The van der Waals surface area contributed by atoms with E-state index >= 15 is 0 Å². The lowest BCUT2D eigenvalue weighted by atomic mass is 10.1. The SMILES string of the molecule is NC(=O)CC[C@H](NC(=O)CNC(=O)[C@@H]1CCCN1C(=O)CNC(=O)[C@H](CS)NC(=O)CNC(=O)[C@@H]1CCCN1C(=O)CNC(=O)[C@H](CS)NC(=O)[C@@H](N)CCC(N)=O)C(=O)O. The molecule has 27 heteroatoms. The van der Waals surface area contributed by atoms with Crippen LogP contribution in [0.4, 0.5) is 0 Å². The number of rotatable bonds is 25. The summed E-state index contributed by atoms with van der Waals surface area (Å²) in [4.78, 5) is 150. The van der Waals surface area contributed by atoms with Crippen molar-refractivity contribution in [3.8, 4) is 0 Å². The molecule has 14 N–H and O–H groups in total. The third-order valence-electron chi connectivity index (χ3n) is 9.43. The smallest absolute Gasteiger partial charge is 0.326 e. The standard InChI is InChI=1S/C34H54N12O13S2/c35-17(5-7-23(36)47)29(53)44-20(16-61)31(55)41-14-28(52)46-10-2-4-22(46)33(57)39-12-26(50)43-19(15-60)30(54)40-13-27(51)45-9-1-3-21(45)32(56)38-11-25(49)42-18(34(58)59)6-8-24(37)48/h17-22,60-61H,1-16,35H2,(H2,36,47)(H2,37,48)(H,38,56)(H,39,57)(H,40,54)(H,41,55)(H,42,49)(H,43,50)(H,44,53)(H,58,59)/t17-,18-,19-,20-,21-,22-/m0/s1. The summed E-state index contributed by atoms with van der Waals surface area (Å²) in [5, 5.41) is 25.7. The maximum atomic E-state index is 13.0. The molecule has 61 heavy (non-hydrogen) atoms. The van der Waals surface area contributed by atoms with Crippen molar-refractivity contribution in [1.82, 2.24) is 47.0 Å². The van der Waals surface area contributed by atoms with Crippen LogP contribution in [0.15, 0.2) is 0 Å². The minimum absolute atomic E-state index is 0.0439. The maximum Gasteiger partial charge on any atom is 0.326 e. The Morgan fingerprint density at radius 3 is 1.39 bits per heavy atom. The summed E-state index contributed by atoms with van der Waals surface area (Å²) in [7, 11) is 0. The van der Waals surface area contributed by atoms with Crippen molar-refractivity contribution in [1.29, 1.82) is 0 Å². The second-order valence-corrected chi connectivity index (χ2v) is 14.7. The maximum absolute atomic E-state index is 13.0. The van der Waals surface area contributed by atoms with Crippen molar-refractivity contribution in [3.05, 3.63) is 0 Å². The molecule has 2 aliphatic heterocycles. The first-order chi connectivity index (χ1) is 28.8.